The molecule has 10 heteroatoms. The highest BCUT2D eigenvalue weighted by molar-refractivity contribution is 6.14. The number of aromatic nitrogens is 3. The van der Waals surface area contributed by atoms with Crippen LogP contribution in [0.15, 0.2) is 36.7 Å². The Morgan fingerprint density at radius 1 is 1.15 bits per heavy atom. The van der Waals surface area contributed by atoms with Crippen LogP contribution in [0.1, 0.15) is 56.4 Å². The first kappa shape index (κ1) is 27.5. The van der Waals surface area contributed by atoms with Crippen molar-refractivity contribution < 1.29 is 18.7 Å². The van der Waals surface area contributed by atoms with Gasteiger partial charge in [0.05, 0.1) is 28.5 Å². The molecule has 0 unspecified atom stereocenters. The second kappa shape index (κ2) is 10.1. The molecule has 1 fully saturated rings. The van der Waals surface area contributed by atoms with E-state index in [2.05, 4.69) is 34.0 Å². The fourth-order valence-corrected chi connectivity index (χ4v) is 5.40. The van der Waals surface area contributed by atoms with Gasteiger partial charge in [-0.1, -0.05) is 13.8 Å². The van der Waals surface area contributed by atoms with E-state index in [1.807, 2.05) is 44.7 Å². The first-order chi connectivity index (χ1) is 18.8. The summed E-state index contributed by atoms with van der Waals surface area (Å²) in [6.07, 6.45) is 3.07. The number of nitrogens with zero attached hydrogens (tertiary/aromatic N) is 4. The number of anilines is 2. The number of H-pyrrole nitrogens is 1. The Morgan fingerprint density at radius 3 is 2.60 bits per heavy atom. The molecule has 1 saturated heterocycles. The molecule has 0 radical (unpaired) electrons. The van der Waals surface area contributed by atoms with Crippen LogP contribution in [0, 0.1) is 25.6 Å². The molecule has 5 rings (SSSR count). The number of piperazine rings is 1. The summed E-state index contributed by atoms with van der Waals surface area (Å²) in [5.74, 6) is -0.628. The predicted octanol–water partition coefficient (Wildman–Crippen LogP) is 5.91. The number of hydrogen-bond acceptors (Lipinski definition) is 5. The van der Waals surface area contributed by atoms with Gasteiger partial charge >= 0.3 is 6.09 Å². The van der Waals surface area contributed by atoms with Gasteiger partial charge in [-0.25, -0.2) is 14.2 Å². The minimum atomic E-state index is -0.559. The molecule has 1 aliphatic heterocycles. The van der Waals surface area contributed by atoms with Crippen molar-refractivity contribution in [1.82, 2.24) is 19.3 Å². The van der Waals surface area contributed by atoms with E-state index in [-0.39, 0.29) is 29.6 Å². The molecule has 1 aromatic carbocycles. The molecule has 40 heavy (non-hydrogen) atoms. The van der Waals surface area contributed by atoms with Gasteiger partial charge in [0, 0.05) is 54.9 Å². The van der Waals surface area contributed by atoms with Crippen LogP contribution in [0.5, 0.6) is 0 Å². The largest absolute Gasteiger partial charge is 0.444 e. The number of benzene rings is 1. The Hall–Kier alpha value is -4.08. The van der Waals surface area contributed by atoms with Gasteiger partial charge in [-0.3, -0.25) is 4.79 Å². The molecular formula is C30H37FN6O3. The molecule has 4 heterocycles. The maximum absolute atomic E-state index is 14.6. The number of carbonyl (C=O) groups is 2. The molecule has 0 aliphatic carbocycles. The van der Waals surface area contributed by atoms with Crippen LogP contribution in [-0.2, 0) is 4.74 Å². The molecule has 9 nitrogen and oxygen atoms in total. The molecule has 3 aromatic heterocycles. The Kier molecular flexibility index (Phi) is 6.97. The van der Waals surface area contributed by atoms with Crippen molar-refractivity contribution in [2.24, 2.45) is 5.92 Å². The van der Waals surface area contributed by atoms with Crippen molar-refractivity contribution in [3.63, 3.8) is 0 Å². The van der Waals surface area contributed by atoms with Crippen molar-refractivity contribution in [3.05, 3.63) is 59.4 Å². The van der Waals surface area contributed by atoms with Crippen LogP contribution in [0.2, 0.25) is 0 Å². The molecule has 4 aromatic rings. The van der Waals surface area contributed by atoms with E-state index < -0.39 is 11.4 Å². The lowest BCUT2D eigenvalue weighted by Crippen LogP contribution is -2.58. The topological polar surface area (TPSA) is 95.0 Å². The summed E-state index contributed by atoms with van der Waals surface area (Å²) >= 11 is 0. The van der Waals surface area contributed by atoms with Gasteiger partial charge in [0.2, 0.25) is 0 Å². The summed E-state index contributed by atoms with van der Waals surface area (Å²) in [5, 5.41) is 3.76. The molecule has 2 amide bonds. The highest BCUT2D eigenvalue weighted by Gasteiger charge is 2.35. The van der Waals surface area contributed by atoms with E-state index in [1.165, 1.54) is 6.07 Å². The SMILES string of the molecule is Cc1cn2cc(NC(=O)c3ccc(N4CCN(C(=O)OC(C)(C)C)[C@@H](C(C)C)C4)c4cc(C)[nH]c34)cc(F)c2n1. The number of imidazole rings is 1. The number of aromatic amines is 1. The summed E-state index contributed by atoms with van der Waals surface area (Å²) in [7, 11) is 0. The summed E-state index contributed by atoms with van der Waals surface area (Å²) in [6.45, 7) is 15.4. The zero-order valence-corrected chi connectivity index (χ0v) is 24.1. The number of ether oxygens (including phenoxy) is 1. The maximum atomic E-state index is 14.6. The number of pyridine rings is 1. The number of fused-ring (bicyclic) bond motifs is 2. The van der Waals surface area contributed by atoms with E-state index in [9.17, 15) is 14.0 Å². The standard InChI is InChI=1S/C30H37FN6O3/c1-17(2)25-16-35(10-11-37(25)29(39)40-30(5,6)7)24-9-8-21(26-22(24)12-18(3)32-26)28(38)34-20-13-23(31)27-33-19(4)14-36(27)15-20/h8-9,12-15,17,25,32H,10-11,16H2,1-7H3,(H,34,38)/t25-/m1/s1. The highest BCUT2D eigenvalue weighted by Crippen LogP contribution is 2.33. The van der Waals surface area contributed by atoms with Gasteiger partial charge < -0.3 is 29.2 Å². The molecule has 1 atom stereocenters. The third-order valence-electron chi connectivity index (χ3n) is 7.19. The summed E-state index contributed by atoms with van der Waals surface area (Å²) < 4.78 is 21.9. The zero-order chi connectivity index (χ0) is 28.9. The van der Waals surface area contributed by atoms with Gasteiger partial charge in [-0.2, -0.15) is 0 Å². The number of nitrogens with one attached hydrogen (secondary N) is 2. The normalized spacial score (nSPS) is 16.3. The number of hydrogen-bond donors (Lipinski definition) is 2. The lowest BCUT2D eigenvalue weighted by Gasteiger charge is -2.44. The van der Waals surface area contributed by atoms with Gasteiger partial charge in [0.1, 0.15) is 5.60 Å². The lowest BCUT2D eigenvalue weighted by atomic mass is 9.98. The van der Waals surface area contributed by atoms with Crippen LogP contribution < -0.4 is 10.2 Å². The molecule has 0 saturated carbocycles. The monoisotopic (exact) mass is 548 g/mol. The van der Waals surface area contributed by atoms with Crippen LogP contribution in [-0.4, -0.2) is 62.5 Å². The van der Waals surface area contributed by atoms with E-state index in [0.717, 1.165) is 16.8 Å². The Bertz CT molecular complexity index is 1600. The fraction of sp³-hybridized carbons (Fsp3) is 0.433. The predicted molar refractivity (Wildman–Crippen MR) is 155 cm³/mol. The third-order valence-corrected chi connectivity index (χ3v) is 7.19. The molecule has 0 bridgehead atoms. The Balaban J connectivity index is 1.42. The number of aryl methyl sites for hydroxylation is 2. The number of carbonyl (C=O) groups excluding carboxylic acids is 2. The quantitative estimate of drug-likeness (QED) is 0.331. The maximum Gasteiger partial charge on any atom is 0.410 e. The van der Waals surface area contributed by atoms with Crippen molar-refractivity contribution in [2.45, 2.75) is 60.1 Å². The van der Waals surface area contributed by atoms with Crippen LogP contribution in [0.25, 0.3) is 16.6 Å². The van der Waals surface area contributed by atoms with E-state index >= 15 is 0 Å². The zero-order valence-electron chi connectivity index (χ0n) is 24.1. The number of rotatable bonds is 4. The van der Waals surface area contributed by atoms with Gasteiger partial charge in [0.15, 0.2) is 11.5 Å². The van der Waals surface area contributed by atoms with Crippen molar-refractivity contribution in [1.29, 1.82) is 0 Å². The number of amides is 2. The third kappa shape index (κ3) is 5.35. The average molecular weight is 549 g/mol. The smallest absolute Gasteiger partial charge is 0.410 e. The summed E-state index contributed by atoms with van der Waals surface area (Å²) in [6, 6.07) is 7.03. The first-order valence-corrected chi connectivity index (χ1v) is 13.6. The molecule has 0 spiro atoms. The van der Waals surface area contributed by atoms with Crippen LogP contribution >= 0.6 is 0 Å². The average Bonchev–Trinajstić information content (AvgIpc) is 3.43. The second-order valence-electron chi connectivity index (χ2n) is 11.9. The van der Waals surface area contributed by atoms with Crippen LogP contribution in [0.4, 0.5) is 20.6 Å². The minimum absolute atomic E-state index is 0.0294. The van der Waals surface area contributed by atoms with E-state index in [1.54, 1.807) is 29.8 Å². The number of halogens is 1. The highest BCUT2D eigenvalue weighted by atomic mass is 19.1. The molecule has 1 aliphatic rings. The molecule has 212 valence electrons. The van der Waals surface area contributed by atoms with E-state index in [4.69, 9.17) is 4.74 Å². The summed E-state index contributed by atoms with van der Waals surface area (Å²) in [5.41, 5.74) is 3.77. The summed E-state index contributed by atoms with van der Waals surface area (Å²) in [4.78, 5) is 38.0. The lowest BCUT2D eigenvalue weighted by molar-refractivity contribution is 0.00884. The van der Waals surface area contributed by atoms with Crippen molar-refractivity contribution in [2.75, 3.05) is 29.9 Å². The minimum Gasteiger partial charge on any atom is -0.444 e. The van der Waals surface area contributed by atoms with E-state index in [0.29, 0.717) is 42.1 Å². The Morgan fingerprint density at radius 2 is 1.90 bits per heavy atom. The second-order valence-corrected chi connectivity index (χ2v) is 11.9. The van der Waals surface area contributed by atoms with Crippen LogP contribution in [0.3, 0.4) is 0 Å². The fourth-order valence-electron chi connectivity index (χ4n) is 5.40. The Labute approximate surface area is 233 Å². The molecular weight excluding hydrogens is 511 g/mol. The van der Waals surface area contributed by atoms with Crippen molar-refractivity contribution >= 4 is 39.9 Å². The molecule has 2 N–H and O–H groups in total. The van der Waals surface area contributed by atoms with Gasteiger partial charge in [0.25, 0.3) is 5.91 Å². The van der Waals surface area contributed by atoms with Gasteiger partial charge in [-0.05, 0) is 58.7 Å². The van der Waals surface area contributed by atoms with Crippen molar-refractivity contribution in [3.8, 4) is 0 Å². The first-order valence-electron chi connectivity index (χ1n) is 13.6. The van der Waals surface area contributed by atoms with Gasteiger partial charge in [-0.15, -0.1) is 0 Å².